The molecule has 0 bridgehead atoms. The summed E-state index contributed by atoms with van der Waals surface area (Å²) in [5.74, 6) is -0.444. The lowest BCUT2D eigenvalue weighted by molar-refractivity contribution is -0.384. The Balaban J connectivity index is 2.08. The number of rotatable bonds is 5. The first-order chi connectivity index (χ1) is 14.6. The third-order valence-electron chi connectivity index (χ3n) is 4.25. The molecule has 0 aliphatic carbocycles. The average Bonchev–Trinajstić information content (AvgIpc) is 3.10. The van der Waals surface area contributed by atoms with E-state index in [1.54, 1.807) is 12.1 Å². The van der Waals surface area contributed by atoms with Gasteiger partial charge in [0.05, 0.1) is 21.3 Å². The summed E-state index contributed by atoms with van der Waals surface area (Å²) in [6.07, 6.45) is 0.127. The van der Waals surface area contributed by atoms with Crippen molar-refractivity contribution in [2.45, 2.75) is 6.92 Å². The smallest absolute Gasteiger partial charge is 0.411 e. The lowest BCUT2D eigenvalue weighted by Crippen LogP contribution is -2.26. The highest BCUT2D eigenvalue weighted by atomic mass is 79.9. The molecule has 0 spiro atoms. The summed E-state index contributed by atoms with van der Waals surface area (Å²) in [5.41, 5.74) is 0.0671. The number of nitro benzene ring substituents is 1. The molecular weight excluding hydrogens is 496 g/mol. The zero-order valence-electron chi connectivity index (χ0n) is 16.0. The first-order valence-electron chi connectivity index (χ1n) is 8.53. The van der Waals surface area contributed by atoms with Gasteiger partial charge in [0.1, 0.15) is 10.3 Å². The van der Waals surface area contributed by atoms with E-state index in [2.05, 4.69) is 31.3 Å². The molecule has 3 rings (SSSR count). The van der Waals surface area contributed by atoms with Crippen molar-refractivity contribution in [2.24, 2.45) is 0 Å². The highest BCUT2D eigenvalue weighted by Crippen LogP contribution is 2.34. The van der Waals surface area contributed by atoms with Gasteiger partial charge in [-0.05, 0) is 40.5 Å². The fourth-order valence-corrected chi connectivity index (χ4v) is 3.35. The number of aryl methyl sites for hydroxylation is 1. The molecule has 0 aliphatic rings. The van der Waals surface area contributed by atoms with E-state index in [1.165, 1.54) is 37.0 Å². The number of anilines is 2. The van der Waals surface area contributed by atoms with Crippen LogP contribution < -0.4 is 10.2 Å². The van der Waals surface area contributed by atoms with Crippen molar-refractivity contribution in [3.8, 4) is 5.82 Å². The molecule has 0 atom stereocenters. The summed E-state index contributed by atoms with van der Waals surface area (Å²) in [6, 6.07) is 6.94. The summed E-state index contributed by atoms with van der Waals surface area (Å²) in [4.78, 5) is 40.0. The third kappa shape index (κ3) is 4.49. The molecule has 0 radical (unpaired) electrons. The monoisotopic (exact) mass is 508 g/mol. The number of non-ortho nitro benzene ring substituents is 1. The molecule has 13 heteroatoms. The Morgan fingerprint density at radius 3 is 2.68 bits per heavy atom. The van der Waals surface area contributed by atoms with Crippen LogP contribution in [0.5, 0.6) is 0 Å². The van der Waals surface area contributed by atoms with Gasteiger partial charge >= 0.3 is 6.09 Å². The molecule has 2 N–H and O–H groups in total. The van der Waals surface area contributed by atoms with Crippen LogP contribution >= 0.6 is 27.5 Å². The second-order valence-electron chi connectivity index (χ2n) is 6.28. The predicted molar refractivity (Wildman–Crippen MR) is 116 cm³/mol. The minimum absolute atomic E-state index is 0.0501. The largest absolute Gasteiger partial charge is 0.465 e. The summed E-state index contributed by atoms with van der Waals surface area (Å²) in [5, 5.41) is 27.6. The zero-order chi connectivity index (χ0) is 22.9. The second kappa shape index (κ2) is 8.70. The Morgan fingerprint density at radius 1 is 1.35 bits per heavy atom. The molecule has 3 aromatic rings. The van der Waals surface area contributed by atoms with Crippen LogP contribution in [-0.2, 0) is 0 Å². The van der Waals surface area contributed by atoms with Gasteiger partial charge in [0.25, 0.3) is 11.6 Å². The number of carboxylic acid groups (broad SMARTS) is 1. The van der Waals surface area contributed by atoms with Crippen molar-refractivity contribution >= 4 is 56.6 Å². The van der Waals surface area contributed by atoms with Crippen molar-refractivity contribution in [1.29, 1.82) is 0 Å². The van der Waals surface area contributed by atoms with Gasteiger partial charge in [-0.3, -0.25) is 19.8 Å². The average molecular weight is 510 g/mol. The van der Waals surface area contributed by atoms with Crippen LogP contribution in [0, 0.1) is 17.0 Å². The van der Waals surface area contributed by atoms with Crippen molar-refractivity contribution in [1.82, 2.24) is 14.8 Å². The van der Waals surface area contributed by atoms with Crippen LogP contribution in [0.2, 0.25) is 5.02 Å². The highest BCUT2D eigenvalue weighted by molar-refractivity contribution is 9.10. The SMILES string of the molecule is Cc1cc([N+](=O)[O-])cc(N(C)C(=O)O)c1NC(=O)c1cc(Br)nn1-c1ncccc1Cl. The summed E-state index contributed by atoms with van der Waals surface area (Å²) < 4.78 is 1.56. The number of nitrogens with one attached hydrogen (secondary N) is 1. The minimum atomic E-state index is -1.36. The molecule has 0 unspecified atom stereocenters. The third-order valence-corrected chi connectivity index (χ3v) is 4.93. The quantitative estimate of drug-likeness (QED) is 0.386. The molecular formula is C18H14BrClN6O5. The molecule has 1 aromatic carbocycles. The van der Waals surface area contributed by atoms with Gasteiger partial charge in [0, 0.05) is 31.4 Å². The second-order valence-corrected chi connectivity index (χ2v) is 7.50. The lowest BCUT2D eigenvalue weighted by Gasteiger charge is -2.20. The molecule has 2 amide bonds. The molecule has 11 nitrogen and oxygen atoms in total. The van der Waals surface area contributed by atoms with Crippen LogP contribution in [-0.4, -0.2) is 43.8 Å². The maximum atomic E-state index is 13.1. The van der Waals surface area contributed by atoms with E-state index in [4.69, 9.17) is 11.6 Å². The van der Waals surface area contributed by atoms with E-state index < -0.39 is 16.9 Å². The first kappa shape index (κ1) is 22.2. The van der Waals surface area contributed by atoms with Gasteiger partial charge < -0.3 is 10.4 Å². The van der Waals surface area contributed by atoms with Crippen LogP contribution in [0.15, 0.2) is 41.1 Å². The van der Waals surface area contributed by atoms with Crippen molar-refractivity contribution < 1.29 is 19.6 Å². The zero-order valence-corrected chi connectivity index (χ0v) is 18.4. The Morgan fingerprint density at radius 2 is 2.06 bits per heavy atom. The lowest BCUT2D eigenvalue weighted by atomic mass is 10.1. The molecule has 2 heterocycles. The van der Waals surface area contributed by atoms with Gasteiger partial charge in [-0.2, -0.15) is 5.10 Å². The molecule has 2 aromatic heterocycles. The predicted octanol–water partition coefficient (Wildman–Crippen LogP) is 4.27. The van der Waals surface area contributed by atoms with Gasteiger partial charge in [0.2, 0.25) is 0 Å². The van der Waals surface area contributed by atoms with Gasteiger partial charge in [0.15, 0.2) is 5.82 Å². The van der Waals surface area contributed by atoms with Crippen molar-refractivity contribution in [3.63, 3.8) is 0 Å². The number of hydrogen-bond donors (Lipinski definition) is 2. The highest BCUT2D eigenvalue weighted by Gasteiger charge is 2.24. The topological polar surface area (TPSA) is 143 Å². The van der Waals surface area contributed by atoms with Gasteiger partial charge in [-0.1, -0.05) is 11.6 Å². The number of nitrogens with zero attached hydrogens (tertiary/aromatic N) is 5. The van der Waals surface area contributed by atoms with Gasteiger partial charge in [-0.15, -0.1) is 0 Å². The van der Waals surface area contributed by atoms with Crippen molar-refractivity contribution in [2.75, 3.05) is 17.3 Å². The van der Waals surface area contributed by atoms with E-state index >= 15 is 0 Å². The Kier molecular flexibility index (Phi) is 6.22. The van der Waals surface area contributed by atoms with Crippen molar-refractivity contribution in [3.05, 3.63) is 67.5 Å². The first-order valence-corrected chi connectivity index (χ1v) is 9.70. The van der Waals surface area contributed by atoms with E-state index in [0.717, 1.165) is 11.0 Å². The Labute approximate surface area is 188 Å². The maximum Gasteiger partial charge on any atom is 0.411 e. The fourth-order valence-electron chi connectivity index (χ4n) is 2.77. The molecule has 0 saturated carbocycles. The van der Waals surface area contributed by atoms with E-state index in [1.807, 2.05) is 0 Å². The van der Waals surface area contributed by atoms with E-state index in [0.29, 0.717) is 10.2 Å². The minimum Gasteiger partial charge on any atom is -0.465 e. The number of carbonyl (C=O) groups excluding carboxylic acids is 1. The van der Waals surface area contributed by atoms with Gasteiger partial charge in [-0.25, -0.2) is 14.5 Å². The number of aromatic nitrogens is 3. The molecule has 160 valence electrons. The van der Waals surface area contributed by atoms with Crippen LogP contribution in [0.4, 0.5) is 21.9 Å². The van der Waals surface area contributed by atoms with E-state index in [-0.39, 0.29) is 33.6 Å². The molecule has 31 heavy (non-hydrogen) atoms. The summed E-state index contributed by atoms with van der Waals surface area (Å²) in [6.45, 7) is 1.52. The number of hydrogen-bond acceptors (Lipinski definition) is 6. The molecule has 0 saturated heterocycles. The Bertz CT molecular complexity index is 1210. The summed E-state index contributed by atoms with van der Waals surface area (Å²) in [7, 11) is 1.21. The Hall–Kier alpha value is -3.51. The number of carbonyl (C=O) groups is 2. The fraction of sp³-hybridized carbons (Fsp3) is 0.111. The standard InChI is InChI=1S/C18H14BrClN6O5/c1-9-6-10(26(30)31)7-12(24(2)18(28)29)15(9)22-17(27)13-8-14(19)23-25(13)16-11(20)4-3-5-21-16/h3-8H,1-2H3,(H,22,27)(H,28,29). The normalized spacial score (nSPS) is 10.6. The number of nitro groups is 1. The van der Waals surface area contributed by atoms with Crippen LogP contribution in [0.25, 0.3) is 5.82 Å². The number of pyridine rings is 1. The van der Waals surface area contributed by atoms with Crippen LogP contribution in [0.1, 0.15) is 16.1 Å². The van der Waals surface area contributed by atoms with Crippen LogP contribution in [0.3, 0.4) is 0 Å². The van der Waals surface area contributed by atoms with E-state index in [9.17, 15) is 24.8 Å². The molecule has 0 aliphatic heterocycles. The number of amides is 2. The maximum absolute atomic E-state index is 13.1. The molecule has 0 fully saturated rings. The number of halogens is 2. The summed E-state index contributed by atoms with van der Waals surface area (Å²) >= 11 is 9.38. The number of benzene rings is 1.